The summed E-state index contributed by atoms with van der Waals surface area (Å²) in [5, 5.41) is 11.7. The molecule has 0 aliphatic carbocycles. The molecular formula is C11H15NO4. The van der Waals surface area contributed by atoms with Crippen LogP contribution >= 0.6 is 0 Å². The van der Waals surface area contributed by atoms with E-state index < -0.39 is 17.4 Å². The van der Waals surface area contributed by atoms with Crippen LogP contribution in [0.15, 0.2) is 0 Å². The number of aliphatic carboxylic acids is 1. The van der Waals surface area contributed by atoms with Gasteiger partial charge in [0, 0.05) is 12.8 Å². The Balaban J connectivity index is 2.57. The van der Waals surface area contributed by atoms with Gasteiger partial charge < -0.3 is 15.2 Å². The third kappa shape index (κ3) is 2.52. The molecule has 0 aromatic rings. The summed E-state index contributed by atoms with van der Waals surface area (Å²) in [7, 11) is 0. The number of ether oxygens (including phenoxy) is 1. The fourth-order valence-corrected chi connectivity index (χ4v) is 1.54. The SMILES string of the molecule is C#CCCC(=O)NC1COCC1(C)C(=O)O. The molecule has 16 heavy (non-hydrogen) atoms. The highest BCUT2D eigenvalue weighted by atomic mass is 16.5. The molecule has 1 aliphatic rings. The molecule has 2 atom stereocenters. The average molecular weight is 225 g/mol. The highest BCUT2D eigenvalue weighted by Crippen LogP contribution is 2.28. The second-order valence-electron chi connectivity index (χ2n) is 4.06. The van der Waals surface area contributed by atoms with Crippen LogP contribution in [0.1, 0.15) is 19.8 Å². The number of terminal acetylenes is 1. The highest BCUT2D eigenvalue weighted by Gasteiger charge is 2.47. The number of carboxylic acid groups (broad SMARTS) is 1. The Morgan fingerprint density at radius 2 is 2.38 bits per heavy atom. The maximum Gasteiger partial charge on any atom is 0.313 e. The number of amides is 1. The lowest BCUT2D eigenvalue weighted by Gasteiger charge is -2.25. The van der Waals surface area contributed by atoms with Crippen molar-refractivity contribution in [2.24, 2.45) is 5.41 Å². The molecule has 1 rings (SSSR count). The minimum atomic E-state index is -1.05. The highest BCUT2D eigenvalue weighted by molar-refractivity contribution is 5.80. The van der Waals surface area contributed by atoms with Gasteiger partial charge in [-0.25, -0.2) is 0 Å². The maximum atomic E-state index is 11.4. The minimum absolute atomic E-state index is 0.114. The van der Waals surface area contributed by atoms with E-state index in [1.165, 1.54) is 0 Å². The molecule has 0 radical (unpaired) electrons. The van der Waals surface area contributed by atoms with Crippen LogP contribution in [0.25, 0.3) is 0 Å². The predicted octanol–water partition coefficient (Wildman–Crippen LogP) is 0.00570. The summed E-state index contributed by atoms with van der Waals surface area (Å²) in [6.45, 7) is 1.90. The fourth-order valence-electron chi connectivity index (χ4n) is 1.54. The van der Waals surface area contributed by atoms with Gasteiger partial charge in [-0.05, 0) is 6.92 Å². The molecule has 1 fully saturated rings. The summed E-state index contributed by atoms with van der Waals surface area (Å²) in [4.78, 5) is 22.5. The van der Waals surface area contributed by atoms with E-state index in [4.69, 9.17) is 16.3 Å². The van der Waals surface area contributed by atoms with Crippen LogP contribution in [0.3, 0.4) is 0 Å². The smallest absolute Gasteiger partial charge is 0.313 e. The molecule has 88 valence electrons. The van der Waals surface area contributed by atoms with Crippen molar-refractivity contribution in [3.63, 3.8) is 0 Å². The van der Waals surface area contributed by atoms with Crippen LogP contribution in [-0.4, -0.2) is 36.2 Å². The molecule has 0 aromatic heterocycles. The van der Waals surface area contributed by atoms with Gasteiger partial charge in [0.25, 0.3) is 0 Å². The molecule has 1 heterocycles. The second kappa shape index (κ2) is 4.99. The molecule has 1 saturated heterocycles. The summed E-state index contributed by atoms with van der Waals surface area (Å²) in [5.74, 6) is 1.16. The molecule has 5 nitrogen and oxygen atoms in total. The fraction of sp³-hybridized carbons (Fsp3) is 0.636. The van der Waals surface area contributed by atoms with E-state index in [1.54, 1.807) is 6.92 Å². The first kappa shape index (κ1) is 12.5. The Morgan fingerprint density at radius 1 is 1.69 bits per heavy atom. The van der Waals surface area contributed by atoms with E-state index in [0.717, 1.165) is 0 Å². The lowest BCUT2D eigenvalue weighted by atomic mass is 9.85. The van der Waals surface area contributed by atoms with Gasteiger partial charge >= 0.3 is 5.97 Å². The van der Waals surface area contributed by atoms with Gasteiger partial charge in [-0.2, -0.15) is 0 Å². The third-order valence-corrected chi connectivity index (χ3v) is 2.78. The van der Waals surface area contributed by atoms with Crippen LogP contribution < -0.4 is 5.32 Å². The summed E-state index contributed by atoms with van der Waals surface area (Å²) >= 11 is 0. The standard InChI is InChI=1S/C11H15NO4/c1-3-4-5-9(13)12-8-6-16-7-11(8,2)10(14)15/h1,8H,4-7H2,2H3,(H,12,13)(H,14,15). The van der Waals surface area contributed by atoms with Gasteiger partial charge in [-0.15, -0.1) is 12.3 Å². The van der Waals surface area contributed by atoms with Gasteiger partial charge in [-0.1, -0.05) is 0 Å². The van der Waals surface area contributed by atoms with E-state index in [9.17, 15) is 9.59 Å². The molecular weight excluding hydrogens is 210 g/mol. The average Bonchev–Trinajstić information content (AvgIpc) is 2.59. The molecule has 2 unspecified atom stereocenters. The van der Waals surface area contributed by atoms with Gasteiger partial charge in [0.1, 0.15) is 5.41 Å². The summed E-state index contributed by atoms with van der Waals surface area (Å²) < 4.78 is 5.10. The van der Waals surface area contributed by atoms with Gasteiger partial charge in [0.2, 0.25) is 5.91 Å². The number of rotatable bonds is 4. The van der Waals surface area contributed by atoms with Crippen molar-refractivity contribution in [2.75, 3.05) is 13.2 Å². The molecule has 0 bridgehead atoms. The van der Waals surface area contributed by atoms with Crippen LogP contribution in [0.4, 0.5) is 0 Å². The van der Waals surface area contributed by atoms with Crippen LogP contribution in [0.5, 0.6) is 0 Å². The van der Waals surface area contributed by atoms with Gasteiger partial charge in [0.05, 0.1) is 19.3 Å². The molecule has 0 aromatic carbocycles. The largest absolute Gasteiger partial charge is 0.481 e. The topological polar surface area (TPSA) is 75.6 Å². The number of carbonyl (C=O) groups is 2. The molecule has 0 spiro atoms. The Kier molecular flexibility index (Phi) is 3.91. The zero-order chi connectivity index (χ0) is 12.2. The molecule has 0 saturated carbocycles. The number of nitrogens with one attached hydrogen (secondary N) is 1. The number of hydrogen-bond donors (Lipinski definition) is 2. The van der Waals surface area contributed by atoms with Crippen molar-refractivity contribution in [3.8, 4) is 12.3 Å². The van der Waals surface area contributed by atoms with E-state index in [2.05, 4.69) is 11.2 Å². The monoisotopic (exact) mass is 225 g/mol. The molecule has 5 heteroatoms. The summed E-state index contributed by atoms with van der Waals surface area (Å²) in [6.07, 6.45) is 5.60. The minimum Gasteiger partial charge on any atom is -0.481 e. The van der Waals surface area contributed by atoms with Crippen molar-refractivity contribution >= 4 is 11.9 Å². The quantitative estimate of drug-likeness (QED) is 0.661. The van der Waals surface area contributed by atoms with E-state index in [-0.39, 0.29) is 25.5 Å². The number of carbonyl (C=O) groups excluding carboxylic acids is 1. The van der Waals surface area contributed by atoms with Crippen LogP contribution in [0, 0.1) is 17.8 Å². The Labute approximate surface area is 94.2 Å². The number of hydrogen-bond acceptors (Lipinski definition) is 3. The third-order valence-electron chi connectivity index (χ3n) is 2.78. The molecule has 2 N–H and O–H groups in total. The second-order valence-corrected chi connectivity index (χ2v) is 4.06. The van der Waals surface area contributed by atoms with E-state index in [0.29, 0.717) is 6.42 Å². The maximum absolute atomic E-state index is 11.4. The van der Waals surface area contributed by atoms with Crippen molar-refractivity contribution in [3.05, 3.63) is 0 Å². The zero-order valence-corrected chi connectivity index (χ0v) is 9.16. The Morgan fingerprint density at radius 3 is 2.94 bits per heavy atom. The van der Waals surface area contributed by atoms with Crippen molar-refractivity contribution in [2.45, 2.75) is 25.8 Å². The van der Waals surface area contributed by atoms with Gasteiger partial charge in [-0.3, -0.25) is 9.59 Å². The number of carboxylic acids is 1. The zero-order valence-electron chi connectivity index (χ0n) is 9.16. The lowest BCUT2D eigenvalue weighted by molar-refractivity contribution is -0.149. The van der Waals surface area contributed by atoms with Gasteiger partial charge in [0.15, 0.2) is 0 Å². The Bertz CT molecular complexity index is 333. The van der Waals surface area contributed by atoms with Crippen molar-refractivity contribution in [1.29, 1.82) is 0 Å². The van der Waals surface area contributed by atoms with Crippen LogP contribution in [-0.2, 0) is 14.3 Å². The predicted molar refractivity (Wildman–Crippen MR) is 56.6 cm³/mol. The van der Waals surface area contributed by atoms with Crippen molar-refractivity contribution < 1.29 is 19.4 Å². The van der Waals surface area contributed by atoms with Crippen LogP contribution in [0.2, 0.25) is 0 Å². The first-order valence-corrected chi connectivity index (χ1v) is 5.04. The summed E-state index contributed by atoms with van der Waals surface area (Å²) in [6, 6.07) is -0.490. The first-order valence-electron chi connectivity index (χ1n) is 5.04. The van der Waals surface area contributed by atoms with Crippen molar-refractivity contribution in [1.82, 2.24) is 5.32 Å². The lowest BCUT2D eigenvalue weighted by Crippen LogP contribution is -2.49. The normalized spacial score (nSPS) is 28.4. The van der Waals surface area contributed by atoms with E-state index >= 15 is 0 Å². The molecule has 1 amide bonds. The summed E-state index contributed by atoms with van der Waals surface area (Å²) in [5.41, 5.74) is -1.05. The van der Waals surface area contributed by atoms with E-state index in [1.807, 2.05) is 0 Å². The Hall–Kier alpha value is -1.54. The molecule has 1 aliphatic heterocycles. The first-order chi connectivity index (χ1) is 7.50.